The van der Waals surface area contributed by atoms with Gasteiger partial charge < -0.3 is 5.11 Å². The highest BCUT2D eigenvalue weighted by Gasteiger charge is 2.06. The summed E-state index contributed by atoms with van der Waals surface area (Å²) in [7, 11) is 0. The Morgan fingerprint density at radius 1 is 1.50 bits per heavy atom. The number of nitrogens with zero attached hydrogens (tertiary/aromatic N) is 1. The predicted molar refractivity (Wildman–Crippen MR) is 74.2 cm³/mol. The van der Waals surface area contributed by atoms with Gasteiger partial charge in [0.2, 0.25) is 0 Å². The van der Waals surface area contributed by atoms with Crippen molar-refractivity contribution in [2.24, 2.45) is 0 Å². The smallest absolute Gasteiger partial charge is 0.309 e. The third-order valence-corrected chi connectivity index (χ3v) is 4.37. The van der Waals surface area contributed by atoms with Crippen LogP contribution >= 0.6 is 23.1 Å². The molecule has 0 fully saturated rings. The summed E-state index contributed by atoms with van der Waals surface area (Å²) in [4.78, 5) is 16.1. The monoisotopic (exact) mass is 279 g/mol. The van der Waals surface area contributed by atoms with E-state index >= 15 is 0 Å². The summed E-state index contributed by atoms with van der Waals surface area (Å²) < 4.78 is 0. The Bertz CT molecular complexity index is 551. The summed E-state index contributed by atoms with van der Waals surface area (Å²) in [5.41, 5.74) is 1.89. The van der Waals surface area contributed by atoms with Crippen molar-refractivity contribution >= 4 is 29.1 Å². The van der Waals surface area contributed by atoms with Gasteiger partial charge in [-0.05, 0) is 19.1 Å². The zero-order valence-corrected chi connectivity index (χ0v) is 11.6. The molecule has 2 rings (SSSR count). The second-order valence-electron chi connectivity index (χ2n) is 3.91. The van der Waals surface area contributed by atoms with Crippen molar-refractivity contribution in [1.82, 2.24) is 4.98 Å². The van der Waals surface area contributed by atoms with Gasteiger partial charge in [-0.2, -0.15) is 0 Å². The van der Waals surface area contributed by atoms with Gasteiger partial charge in [0.25, 0.3) is 0 Å². The molecule has 3 nitrogen and oxygen atoms in total. The lowest BCUT2D eigenvalue weighted by atomic mass is 10.2. The molecule has 0 saturated carbocycles. The van der Waals surface area contributed by atoms with E-state index in [2.05, 4.69) is 30.1 Å². The topological polar surface area (TPSA) is 50.2 Å². The molecule has 0 aliphatic carbocycles. The molecule has 0 radical (unpaired) electrons. The van der Waals surface area contributed by atoms with E-state index in [1.807, 2.05) is 11.4 Å². The maximum atomic E-state index is 10.6. The molecule has 0 spiro atoms. The van der Waals surface area contributed by atoms with E-state index in [0.717, 1.165) is 10.8 Å². The summed E-state index contributed by atoms with van der Waals surface area (Å²) in [6.07, 6.45) is 0.00557. The first kappa shape index (κ1) is 13.1. The molecule has 1 heterocycles. The van der Waals surface area contributed by atoms with Crippen LogP contribution in [-0.4, -0.2) is 16.1 Å². The van der Waals surface area contributed by atoms with Crippen molar-refractivity contribution in [2.45, 2.75) is 24.0 Å². The number of hydrogen-bond donors (Lipinski definition) is 1. The number of benzene rings is 1. The maximum absolute atomic E-state index is 10.6. The van der Waals surface area contributed by atoms with Crippen LogP contribution in [0.4, 0.5) is 0 Å². The Hall–Kier alpha value is -1.33. The van der Waals surface area contributed by atoms with Crippen LogP contribution in [0.25, 0.3) is 0 Å². The number of thiazole rings is 1. The standard InChI is InChI=1S/C13H13NO2S2/c1-9-3-2-4-11(5-9)17-8-12-14-10(7-18-12)6-13(15)16/h2-5,7H,6,8H2,1H3,(H,15,16). The SMILES string of the molecule is Cc1cccc(SCc2nc(CC(=O)O)cs2)c1. The number of carboxylic acid groups (broad SMARTS) is 1. The van der Waals surface area contributed by atoms with Crippen molar-refractivity contribution in [1.29, 1.82) is 0 Å². The first-order valence-corrected chi connectivity index (χ1v) is 7.34. The van der Waals surface area contributed by atoms with Crippen LogP contribution in [0.2, 0.25) is 0 Å². The van der Waals surface area contributed by atoms with Crippen LogP contribution in [0.15, 0.2) is 34.5 Å². The van der Waals surface area contributed by atoms with Gasteiger partial charge in [-0.25, -0.2) is 4.98 Å². The van der Waals surface area contributed by atoms with E-state index in [1.54, 1.807) is 11.8 Å². The fourth-order valence-electron chi connectivity index (χ4n) is 1.50. The average Bonchev–Trinajstić information content (AvgIpc) is 2.73. The maximum Gasteiger partial charge on any atom is 0.309 e. The summed E-state index contributed by atoms with van der Waals surface area (Å²) >= 11 is 3.24. The van der Waals surface area contributed by atoms with Gasteiger partial charge in [0.1, 0.15) is 5.01 Å². The van der Waals surface area contributed by atoms with Crippen molar-refractivity contribution < 1.29 is 9.90 Å². The molecule has 1 aromatic carbocycles. The van der Waals surface area contributed by atoms with Gasteiger partial charge in [0, 0.05) is 10.3 Å². The molecule has 0 unspecified atom stereocenters. The van der Waals surface area contributed by atoms with Crippen LogP contribution in [0.5, 0.6) is 0 Å². The van der Waals surface area contributed by atoms with Crippen molar-refractivity contribution in [3.63, 3.8) is 0 Å². The lowest BCUT2D eigenvalue weighted by Crippen LogP contribution is -2.00. The van der Waals surface area contributed by atoms with Gasteiger partial charge in [-0.3, -0.25) is 4.79 Å². The number of hydrogen-bond acceptors (Lipinski definition) is 4. The van der Waals surface area contributed by atoms with E-state index in [-0.39, 0.29) is 6.42 Å². The number of aryl methyl sites for hydroxylation is 1. The number of carbonyl (C=O) groups is 1. The van der Waals surface area contributed by atoms with Crippen LogP contribution in [0, 0.1) is 6.92 Å². The lowest BCUT2D eigenvalue weighted by Gasteiger charge is -2.00. The first-order valence-electron chi connectivity index (χ1n) is 5.48. The minimum absolute atomic E-state index is 0.00557. The number of aliphatic carboxylic acids is 1. The Morgan fingerprint density at radius 2 is 2.33 bits per heavy atom. The second kappa shape index (κ2) is 6.02. The normalized spacial score (nSPS) is 10.5. The van der Waals surface area contributed by atoms with Crippen LogP contribution in [-0.2, 0) is 17.0 Å². The Balaban J connectivity index is 1.94. The molecule has 18 heavy (non-hydrogen) atoms. The van der Waals surface area contributed by atoms with Gasteiger partial charge >= 0.3 is 5.97 Å². The van der Waals surface area contributed by atoms with Crippen LogP contribution < -0.4 is 0 Å². The minimum atomic E-state index is -0.835. The fraction of sp³-hybridized carbons (Fsp3) is 0.231. The molecule has 0 bridgehead atoms. The van der Waals surface area contributed by atoms with E-state index in [4.69, 9.17) is 5.11 Å². The zero-order chi connectivity index (χ0) is 13.0. The fourth-order valence-corrected chi connectivity index (χ4v) is 3.33. The first-order chi connectivity index (χ1) is 8.63. The van der Waals surface area contributed by atoms with E-state index < -0.39 is 5.97 Å². The molecular formula is C13H13NO2S2. The van der Waals surface area contributed by atoms with Gasteiger partial charge in [0.15, 0.2) is 0 Å². The average molecular weight is 279 g/mol. The quantitative estimate of drug-likeness (QED) is 0.853. The molecule has 0 atom stereocenters. The molecule has 0 aliphatic heterocycles. The number of carboxylic acids is 1. The number of aromatic nitrogens is 1. The Labute approximate surface area is 114 Å². The number of rotatable bonds is 5. The number of thioether (sulfide) groups is 1. The predicted octanol–water partition coefficient (Wildman–Crippen LogP) is 3.37. The van der Waals surface area contributed by atoms with Gasteiger partial charge in [-0.15, -0.1) is 23.1 Å². The van der Waals surface area contributed by atoms with E-state index in [1.165, 1.54) is 21.8 Å². The molecule has 2 aromatic rings. The highest BCUT2D eigenvalue weighted by Crippen LogP contribution is 2.25. The molecule has 0 saturated heterocycles. The summed E-state index contributed by atoms with van der Waals surface area (Å²) in [5.74, 6) is -0.0496. The van der Waals surface area contributed by atoms with Crippen LogP contribution in [0.1, 0.15) is 16.3 Å². The summed E-state index contributed by atoms with van der Waals surface area (Å²) in [5, 5.41) is 11.5. The largest absolute Gasteiger partial charge is 0.481 e. The third kappa shape index (κ3) is 3.85. The summed E-state index contributed by atoms with van der Waals surface area (Å²) in [6.45, 7) is 2.07. The molecule has 1 aromatic heterocycles. The molecular weight excluding hydrogens is 266 g/mol. The van der Waals surface area contributed by atoms with Crippen molar-refractivity contribution in [3.05, 3.63) is 45.9 Å². The van der Waals surface area contributed by atoms with E-state index in [0.29, 0.717) is 5.69 Å². The zero-order valence-electron chi connectivity index (χ0n) is 9.92. The molecule has 5 heteroatoms. The highest BCUT2D eigenvalue weighted by molar-refractivity contribution is 7.98. The Morgan fingerprint density at radius 3 is 3.06 bits per heavy atom. The molecule has 0 amide bonds. The third-order valence-electron chi connectivity index (χ3n) is 2.28. The van der Waals surface area contributed by atoms with Crippen molar-refractivity contribution in [3.8, 4) is 0 Å². The Kier molecular flexibility index (Phi) is 4.38. The summed E-state index contributed by atoms with van der Waals surface area (Å²) in [6, 6.07) is 8.31. The lowest BCUT2D eigenvalue weighted by molar-refractivity contribution is -0.136. The second-order valence-corrected chi connectivity index (χ2v) is 5.90. The van der Waals surface area contributed by atoms with Gasteiger partial charge in [0.05, 0.1) is 17.9 Å². The van der Waals surface area contributed by atoms with Crippen molar-refractivity contribution in [2.75, 3.05) is 0 Å². The minimum Gasteiger partial charge on any atom is -0.481 e. The highest BCUT2D eigenvalue weighted by atomic mass is 32.2. The molecule has 94 valence electrons. The van der Waals surface area contributed by atoms with Gasteiger partial charge in [-0.1, -0.05) is 17.7 Å². The molecule has 0 aliphatic rings. The molecule has 1 N–H and O–H groups in total. The van der Waals surface area contributed by atoms with Crippen LogP contribution in [0.3, 0.4) is 0 Å². The van der Waals surface area contributed by atoms with E-state index in [9.17, 15) is 4.79 Å².